The number of carbonyl (C=O) groups excluding carboxylic acids is 2. The summed E-state index contributed by atoms with van der Waals surface area (Å²) in [6, 6.07) is 17.2. The zero-order valence-corrected chi connectivity index (χ0v) is 17.0. The first-order valence-corrected chi connectivity index (χ1v) is 10.1. The largest absolute Gasteiger partial charge is 0.474 e. The highest BCUT2D eigenvalue weighted by Gasteiger charge is 2.32. The summed E-state index contributed by atoms with van der Waals surface area (Å²) in [5.41, 5.74) is 1.54. The summed E-state index contributed by atoms with van der Waals surface area (Å²) in [6.45, 7) is 2.66. The van der Waals surface area contributed by atoms with E-state index in [-0.39, 0.29) is 11.9 Å². The van der Waals surface area contributed by atoms with Crippen LogP contribution in [-0.4, -0.2) is 59.4 Å². The average molecular weight is 409 g/mol. The standard InChI is InChI=1S/C23H27N3O4/c1-25(19(16-26-14-8-9-15-26)17-10-4-2-5-11-17)22(28)20(24-21(27)23(29)30)18-12-6-3-7-13-18/h2-7,10-13,19-20H,8-9,14-16H2,1H3,(H,24,27)(H,29,30)/t19-,20?/m1/s1. The average Bonchev–Trinajstić information content (AvgIpc) is 3.29. The Morgan fingerprint density at radius 1 is 0.967 bits per heavy atom. The molecule has 1 saturated heterocycles. The van der Waals surface area contributed by atoms with Gasteiger partial charge in [-0.1, -0.05) is 60.7 Å². The molecule has 0 radical (unpaired) electrons. The lowest BCUT2D eigenvalue weighted by Crippen LogP contribution is -2.46. The van der Waals surface area contributed by atoms with Crippen LogP contribution in [0.1, 0.15) is 36.1 Å². The van der Waals surface area contributed by atoms with Gasteiger partial charge in [0.15, 0.2) is 0 Å². The maximum Gasteiger partial charge on any atom is 0.394 e. The van der Waals surface area contributed by atoms with Gasteiger partial charge >= 0.3 is 11.9 Å². The van der Waals surface area contributed by atoms with Gasteiger partial charge in [0.2, 0.25) is 5.91 Å². The third-order valence-electron chi connectivity index (χ3n) is 5.48. The summed E-state index contributed by atoms with van der Waals surface area (Å²) in [6.07, 6.45) is 2.28. The molecule has 3 rings (SSSR count). The van der Waals surface area contributed by atoms with Crippen LogP contribution in [0.5, 0.6) is 0 Å². The van der Waals surface area contributed by atoms with Gasteiger partial charge in [0.25, 0.3) is 0 Å². The number of hydrogen-bond acceptors (Lipinski definition) is 4. The van der Waals surface area contributed by atoms with Crippen molar-refractivity contribution in [3.8, 4) is 0 Å². The fraction of sp³-hybridized carbons (Fsp3) is 0.348. The monoisotopic (exact) mass is 409 g/mol. The van der Waals surface area contributed by atoms with Crippen LogP contribution in [0.4, 0.5) is 0 Å². The van der Waals surface area contributed by atoms with Crippen LogP contribution in [-0.2, 0) is 14.4 Å². The van der Waals surface area contributed by atoms with Gasteiger partial charge in [0, 0.05) is 13.6 Å². The third-order valence-corrected chi connectivity index (χ3v) is 5.48. The molecule has 7 heteroatoms. The first kappa shape index (κ1) is 21.5. The van der Waals surface area contributed by atoms with E-state index in [9.17, 15) is 14.4 Å². The molecule has 0 saturated carbocycles. The smallest absolute Gasteiger partial charge is 0.394 e. The van der Waals surface area contributed by atoms with Crippen molar-refractivity contribution >= 4 is 17.8 Å². The van der Waals surface area contributed by atoms with Crippen LogP contribution < -0.4 is 5.32 Å². The molecule has 1 aliphatic heterocycles. The minimum Gasteiger partial charge on any atom is -0.474 e. The number of likely N-dealkylation sites (tertiary alicyclic amines) is 1. The molecule has 1 aliphatic rings. The first-order chi connectivity index (χ1) is 14.5. The first-order valence-electron chi connectivity index (χ1n) is 10.1. The van der Waals surface area contributed by atoms with Crippen molar-refractivity contribution in [3.63, 3.8) is 0 Å². The number of nitrogens with one attached hydrogen (secondary N) is 1. The molecule has 2 N–H and O–H groups in total. The highest BCUT2D eigenvalue weighted by Crippen LogP contribution is 2.26. The zero-order valence-electron chi connectivity index (χ0n) is 17.0. The molecule has 1 unspecified atom stereocenters. The Balaban J connectivity index is 1.89. The van der Waals surface area contributed by atoms with E-state index in [1.54, 1.807) is 42.3 Å². The van der Waals surface area contributed by atoms with Crippen LogP contribution in [0.2, 0.25) is 0 Å². The Morgan fingerprint density at radius 2 is 1.50 bits per heavy atom. The number of rotatable bonds is 7. The van der Waals surface area contributed by atoms with E-state index >= 15 is 0 Å². The Bertz CT molecular complexity index is 867. The van der Waals surface area contributed by atoms with Crippen LogP contribution in [0.15, 0.2) is 60.7 Å². The molecule has 1 heterocycles. The number of carbonyl (C=O) groups is 3. The third kappa shape index (κ3) is 5.24. The maximum atomic E-state index is 13.5. The number of amides is 2. The number of carboxylic acids is 1. The second kappa shape index (κ2) is 10.0. The van der Waals surface area contributed by atoms with Crippen molar-refractivity contribution in [2.24, 2.45) is 0 Å². The second-order valence-electron chi connectivity index (χ2n) is 7.51. The van der Waals surface area contributed by atoms with E-state index in [1.165, 1.54) is 0 Å². The molecule has 158 valence electrons. The summed E-state index contributed by atoms with van der Waals surface area (Å²) in [5, 5.41) is 11.4. The number of nitrogens with zero attached hydrogens (tertiary/aromatic N) is 2. The molecule has 0 bridgehead atoms. The predicted molar refractivity (Wildman–Crippen MR) is 113 cm³/mol. The molecule has 1 fully saturated rings. The van der Waals surface area contributed by atoms with E-state index in [2.05, 4.69) is 10.2 Å². The number of likely N-dealkylation sites (N-methyl/N-ethyl adjacent to an activating group) is 1. The van der Waals surface area contributed by atoms with Gasteiger partial charge in [0.05, 0.1) is 6.04 Å². The fourth-order valence-corrected chi connectivity index (χ4v) is 3.82. The predicted octanol–water partition coefficient (Wildman–Crippen LogP) is 2.22. The fourth-order valence-electron chi connectivity index (χ4n) is 3.82. The molecule has 2 aromatic rings. The van der Waals surface area contributed by atoms with Gasteiger partial charge in [-0.05, 0) is 37.1 Å². The molecule has 7 nitrogen and oxygen atoms in total. The minimum absolute atomic E-state index is 0.218. The normalized spacial score (nSPS) is 15.9. The molecule has 0 spiro atoms. The van der Waals surface area contributed by atoms with Crippen molar-refractivity contribution in [2.75, 3.05) is 26.7 Å². The van der Waals surface area contributed by atoms with Crippen LogP contribution >= 0.6 is 0 Å². The molecule has 2 aromatic carbocycles. The summed E-state index contributed by atoms with van der Waals surface area (Å²) in [4.78, 5) is 40.4. The van der Waals surface area contributed by atoms with Crippen molar-refractivity contribution in [1.29, 1.82) is 0 Å². The van der Waals surface area contributed by atoms with Crippen molar-refractivity contribution in [2.45, 2.75) is 24.9 Å². The van der Waals surface area contributed by atoms with Crippen molar-refractivity contribution in [3.05, 3.63) is 71.8 Å². The van der Waals surface area contributed by atoms with Crippen LogP contribution in [0.3, 0.4) is 0 Å². The Morgan fingerprint density at radius 3 is 2.03 bits per heavy atom. The zero-order chi connectivity index (χ0) is 21.5. The highest BCUT2D eigenvalue weighted by molar-refractivity contribution is 6.32. The summed E-state index contributed by atoms with van der Waals surface area (Å²) < 4.78 is 0. The minimum atomic E-state index is -1.62. The van der Waals surface area contributed by atoms with E-state index < -0.39 is 17.9 Å². The van der Waals surface area contributed by atoms with Crippen molar-refractivity contribution < 1.29 is 19.5 Å². The summed E-state index contributed by atoms with van der Waals surface area (Å²) >= 11 is 0. The Kier molecular flexibility index (Phi) is 7.19. The molecule has 2 amide bonds. The lowest BCUT2D eigenvalue weighted by Gasteiger charge is -2.34. The number of benzene rings is 2. The van der Waals surface area contributed by atoms with Gasteiger partial charge in [-0.3, -0.25) is 9.59 Å². The van der Waals surface area contributed by atoms with Crippen LogP contribution in [0, 0.1) is 0 Å². The van der Waals surface area contributed by atoms with E-state index in [4.69, 9.17) is 5.11 Å². The molecule has 0 aliphatic carbocycles. The number of hydrogen-bond donors (Lipinski definition) is 2. The highest BCUT2D eigenvalue weighted by atomic mass is 16.4. The molecular weight excluding hydrogens is 382 g/mol. The van der Waals surface area contributed by atoms with E-state index in [0.717, 1.165) is 31.5 Å². The molecule has 2 atom stereocenters. The Hall–Kier alpha value is -3.19. The van der Waals surface area contributed by atoms with Gasteiger partial charge in [-0.25, -0.2) is 4.79 Å². The molecule has 0 aromatic heterocycles. The maximum absolute atomic E-state index is 13.5. The van der Waals surface area contributed by atoms with Crippen LogP contribution in [0.25, 0.3) is 0 Å². The van der Waals surface area contributed by atoms with E-state index in [0.29, 0.717) is 12.1 Å². The number of aliphatic carboxylic acids is 1. The second-order valence-corrected chi connectivity index (χ2v) is 7.51. The van der Waals surface area contributed by atoms with E-state index in [1.807, 2.05) is 30.3 Å². The van der Waals surface area contributed by atoms with Gasteiger partial charge in [-0.15, -0.1) is 0 Å². The van der Waals surface area contributed by atoms with Gasteiger partial charge < -0.3 is 20.2 Å². The number of carboxylic acid groups (broad SMARTS) is 1. The lowest BCUT2D eigenvalue weighted by atomic mass is 10.0. The lowest BCUT2D eigenvalue weighted by molar-refractivity contribution is -0.151. The quantitative estimate of drug-likeness (QED) is 0.685. The summed E-state index contributed by atoms with van der Waals surface area (Å²) in [5.74, 6) is -3.19. The molecule has 30 heavy (non-hydrogen) atoms. The Labute approximate surface area is 176 Å². The van der Waals surface area contributed by atoms with Crippen molar-refractivity contribution in [1.82, 2.24) is 15.1 Å². The topological polar surface area (TPSA) is 90.0 Å². The SMILES string of the molecule is CN(C(=O)C(NC(=O)C(=O)O)c1ccccc1)[C@H](CN1CCCC1)c1ccccc1. The van der Waals surface area contributed by atoms with Gasteiger partial charge in [-0.2, -0.15) is 0 Å². The molecular formula is C23H27N3O4. The summed E-state index contributed by atoms with van der Waals surface area (Å²) in [7, 11) is 1.71. The van der Waals surface area contributed by atoms with Gasteiger partial charge in [0.1, 0.15) is 6.04 Å².